The molecule has 2 aliphatic rings. The fourth-order valence-electron chi connectivity index (χ4n) is 2.93. The van der Waals surface area contributed by atoms with E-state index in [1.807, 2.05) is 12.3 Å². The van der Waals surface area contributed by atoms with Crippen molar-refractivity contribution in [1.29, 1.82) is 5.26 Å². The third-order valence-corrected chi connectivity index (χ3v) is 3.76. The van der Waals surface area contributed by atoms with E-state index in [0.717, 1.165) is 24.4 Å². The van der Waals surface area contributed by atoms with Crippen molar-refractivity contribution in [3.05, 3.63) is 35.7 Å². The lowest BCUT2D eigenvalue weighted by Crippen LogP contribution is -2.39. The smallest absolute Gasteiger partial charge is 0.101 e. The highest BCUT2D eigenvalue weighted by Gasteiger charge is 2.32. The third kappa shape index (κ3) is 1.85. The number of pyridine rings is 1. The summed E-state index contributed by atoms with van der Waals surface area (Å²) in [4.78, 5) is 4.15. The minimum absolute atomic E-state index is 0.472. The maximum absolute atomic E-state index is 8.91. The minimum Gasteiger partial charge on any atom is -0.310 e. The molecule has 1 aliphatic heterocycles. The van der Waals surface area contributed by atoms with Crippen molar-refractivity contribution in [2.24, 2.45) is 5.92 Å². The lowest BCUT2D eigenvalue weighted by Gasteiger charge is -2.29. The minimum atomic E-state index is 0.472. The molecule has 17 heavy (non-hydrogen) atoms. The number of allylic oxidation sites excluding steroid dienone is 1. The Balaban J connectivity index is 1.91. The van der Waals surface area contributed by atoms with Crippen LogP contribution in [-0.2, 0) is 0 Å². The van der Waals surface area contributed by atoms with E-state index in [1.54, 1.807) is 6.20 Å². The molecule has 1 fully saturated rings. The summed E-state index contributed by atoms with van der Waals surface area (Å²) in [6.45, 7) is 1.10. The molecule has 0 saturated carbocycles. The predicted octanol–water partition coefficient (Wildman–Crippen LogP) is 2.11. The maximum atomic E-state index is 8.91. The summed E-state index contributed by atoms with van der Waals surface area (Å²) in [5, 5.41) is 12.5. The summed E-state index contributed by atoms with van der Waals surface area (Å²) < 4.78 is 0. The van der Waals surface area contributed by atoms with E-state index < -0.39 is 0 Å². The monoisotopic (exact) mass is 225 g/mol. The van der Waals surface area contributed by atoms with Gasteiger partial charge in [0.1, 0.15) is 6.07 Å². The van der Waals surface area contributed by atoms with Crippen LogP contribution in [0, 0.1) is 17.2 Å². The largest absolute Gasteiger partial charge is 0.310 e. The van der Waals surface area contributed by atoms with Crippen LogP contribution in [0.4, 0.5) is 0 Å². The van der Waals surface area contributed by atoms with Crippen molar-refractivity contribution in [3.8, 4) is 6.07 Å². The van der Waals surface area contributed by atoms with Crippen molar-refractivity contribution in [1.82, 2.24) is 10.3 Å². The van der Waals surface area contributed by atoms with E-state index in [9.17, 15) is 0 Å². The normalized spacial score (nSPS) is 27.1. The van der Waals surface area contributed by atoms with Crippen LogP contribution in [0.5, 0.6) is 0 Å². The number of aromatic nitrogens is 1. The average Bonchev–Trinajstić information content (AvgIpc) is 2.82. The van der Waals surface area contributed by atoms with Crippen LogP contribution >= 0.6 is 0 Å². The number of hydrogen-bond donors (Lipinski definition) is 1. The third-order valence-electron chi connectivity index (χ3n) is 3.76. The van der Waals surface area contributed by atoms with Crippen LogP contribution in [-0.4, -0.2) is 17.6 Å². The van der Waals surface area contributed by atoms with E-state index >= 15 is 0 Å². The van der Waals surface area contributed by atoms with Crippen molar-refractivity contribution in [2.75, 3.05) is 6.54 Å². The van der Waals surface area contributed by atoms with Gasteiger partial charge < -0.3 is 5.32 Å². The lowest BCUT2D eigenvalue weighted by molar-refractivity contribution is 0.346. The Bertz CT molecular complexity index is 498. The first-order valence-corrected chi connectivity index (χ1v) is 6.17. The van der Waals surface area contributed by atoms with Crippen molar-refractivity contribution >= 4 is 5.57 Å². The van der Waals surface area contributed by atoms with Gasteiger partial charge in [0.25, 0.3) is 0 Å². The highest BCUT2D eigenvalue weighted by Crippen LogP contribution is 2.36. The molecule has 2 heterocycles. The fraction of sp³-hybridized carbons (Fsp3) is 0.429. The van der Waals surface area contributed by atoms with E-state index in [1.165, 1.54) is 18.4 Å². The molecule has 86 valence electrons. The Morgan fingerprint density at radius 2 is 2.35 bits per heavy atom. The Labute approximate surface area is 101 Å². The second-order valence-corrected chi connectivity index (χ2v) is 4.80. The lowest BCUT2D eigenvalue weighted by atomic mass is 9.88. The molecule has 1 aromatic rings. The van der Waals surface area contributed by atoms with Crippen LogP contribution in [0.15, 0.2) is 24.5 Å². The van der Waals surface area contributed by atoms with Gasteiger partial charge in [0, 0.05) is 18.4 Å². The molecular weight excluding hydrogens is 210 g/mol. The molecule has 0 spiro atoms. The van der Waals surface area contributed by atoms with Gasteiger partial charge in [-0.15, -0.1) is 0 Å². The molecule has 0 aromatic carbocycles. The fourth-order valence-corrected chi connectivity index (χ4v) is 2.93. The van der Waals surface area contributed by atoms with Crippen molar-refractivity contribution < 1.29 is 0 Å². The summed E-state index contributed by atoms with van der Waals surface area (Å²) in [7, 11) is 0. The quantitative estimate of drug-likeness (QED) is 0.796. The standard InChI is InChI=1S/C14H15N3/c15-7-10-6-12(9-16-8-10)13-4-3-11-2-1-5-17-14(11)13/h4,6,8-9,11,14,17H,1-3,5H2/t11-,14-/m1/s1. The average molecular weight is 225 g/mol. The zero-order valence-corrected chi connectivity index (χ0v) is 9.69. The van der Waals surface area contributed by atoms with Crippen LogP contribution < -0.4 is 5.32 Å². The number of fused-ring (bicyclic) bond motifs is 1. The van der Waals surface area contributed by atoms with Crippen LogP contribution in [0.25, 0.3) is 5.57 Å². The first-order valence-electron chi connectivity index (χ1n) is 6.17. The molecule has 0 bridgehead atoms. The number of hydrogen-bond acceptors (Lipinski definition) is 3. The first-order chi connectivity index (χ1) is 8.38. The van der Waals surface area contributed by atoms with Crippen LogP contribution in [0.3, 0.4) is 0 Å². The molecule has 0 amide bonds. The van der Waals surface area contributed by atoms with Gasteiger partial charge in [-0.3, -0.25) is 4.98 Å². The molecule has 1 saturated heterocycles. The van der Waals surface area contributed by atoms with Gasteiger partial charge in [-0.25, -0.2) is 0 Å². The van der Waals surface area contributed by atoms with Crippen LogP contribution in [0.1, 0.15) is 30.4 Å². The Morgan fingerprint density at radius 1 is 1.41 bits per heavy atom. The SMILES string of the molecule is N#Cc1cncc(C2=CC[C@H]3CCCN[C@@H]23)c1. The van der Waals surface area contributed by atoms with Gasteiger partial charge >= 0.3 is 0 Å². The van der Waals surface area contributed by atoms with Crippen molar-refractivity contribution in [3.63, 3.8) is 0 Å². The maximum Gasteiger partial charge on any atom is 0.101 e. The van der Waals surface area contributed by atoms with E-state index in [2.05, 4.69) is 22.4 Å². The predicted molar refractivity (Wildman–Crippen MR) is 66.1 cm³/mol. The molecule has 2 atom stereocenters. The van der Waals surface area contributed by atoms with Crippen molar-refractivity contribution in [2.45, 2.75) is 25.3 Å². The van der Waals surface area contributed by atoms with Gasteiger partial charge in [0.15, 0.2) is 0 Å². The zero-order valence-electron chi connectivity index (χ0n) is 9.69. The topological polar surface area (TPSA) is 48.7 Å². The molecule has 3 nitrogen and oxygen atoms in total. The van der Waals surface area contributed by atoms with Gasteiger partial charge in [0.2, 0.25) is 0 Å². The summed E-state index contributed by atoms with van der Waals surface area (Å²) in [5.41, 5.74) is 3.08. The summed E-state index contributed by atoms with van der Waals surface area (Å²) in [6.07, 6.45) is 9.54. The summed E-state index contributed by atoms with van der Waals surface area (Å²) in [5.74, 6) is 0.740. The Hall–Kier alpha value is -1.66. The van der Waals surface area contributed by atoms with Gasteiger partial charge in [-0.2, -0.15) is 5.26 Å². The molecule has 3 rings (SSSR count). The van der Waals surface area contributed by atoms with E-state index in [0.29, 0.717) is 11.6 Å². The number of nitrogens with zero attached hydrogens (tertiary/aromatic N) is 2. The number of nitrogens with one attached hydrogen (secondary N) is 1. The summed E-state index contributed by atoms with van der Waals surface area (Å²) >= 11 is 0. The molecule has 0 radical (unpaired) electrons. The Kier molecular flexibility index (Phi) is 2.66. The van der Waals surface area contributed by atoms with Gasteiger partial charge in [-0.05, 0) is 48.9 Å². The molecule has 1 N–H and O–H groups in total. The molecule has 0 unspecified atom stereocenters. The summed E-state index contributed by atoms with van der Waals surface area (Å²) in [6, 6.07) is 4.57. The second kappa shape index (κ2) is 4.31. The second-order valence-electron chi connectivity index (χ2n) is 4.80. The highest BCUT2D eigenvalue weighted by molar-refractivity contribution is 5.72. The Morgan fingerprint density at radius 3 is 3.24 bits per heavy atom. The molecule has 3 heteroatoms. The number of rotatable bonds is 1. The molecule has 1 aliphatic carbocycles. The molecular formula is C14H15N3. The first kappa shape index (κ1) is 10.5. The van der Waals surface area contributed by atoms with Gasteiger partial charge in [0.05, 0.1) is 5.56 Å². The zero-order chi connectivity index (χ0) is 11.7. The van der Waals surface area contributed by atoms with Gasteiger partial charge in [-0.1, -0.05) is 6.08 Å². The van der Waals surface area contributed by atoms with Crippen LogP contribution in [0.2, 0.25) is 0 Å². The van der Waals surface area contributed by atoms with E-state index in [4.69, 9.17) is 5.26 Å². The molecule has 1 aromatic heterocycles. The highest BCUT2D eigenvalue weighted by atomic mass is 14.9. The van der Waals surface area contributed by atoms with E-state index in [-0.39, 0.29) is 0 Å². The number of nitriles is 1. The number of piperidine rings is 1.